The van der Waals surface area contributed by atoms with Gasteiger partial charge in [0.2, 0.25) is 5.89 Å². The third-order valence-electron chi connectivity index (χ3n) is 3.35. The third-order valence-corrected chi connectivity index (χ3v) is 4.04. The average Bonchev–Trinajstić information content (AvgIpc) is 2.94. The van der Waals surface area contributed by atoms with Gasteiger partial charge in [-0.2, -0.15) is 0 Å². The molecule has 24 heavy (non-hydrogen) atoms. The molecule has 0 bridgehead atoms. The number of ketones is 1. The van der Waals surface area contributed by atoms with Gasteiger partial charge in [-0.15, -0.1) is 0 Å². The molecule has 0 unspecified atom stereocenters. The van der Waals surface area contributed by atoms with Crippen LogP contribution in [-0.4, -0.2) is 22.1 Å². The van der Waals surface area contributed by atoms with Gasteiger partial charge >= 0.3 is 5.95 Å². The number of carbonyl (C=O) groups is 1. The highest BCUT2D eigenvalue weighted by atomic mass is 79.9. The molecule has 6 heteroatoms. The molecule has 1 aromatic heterocycles. The minimum Gasteiger partial charge on any atom is -0.479 e. The lowest BCUT2D eigenvalue weighted by atomic mass is 10.1. The van der Waals surface area contributed by atoms with Gasteiger partial charge in [0.1, 0.15) is 0 Å². The molecular weight excluding hydrogens is 372 g/mol. The number of aliphatic imine (C=N–C) groups is 1. The lowest BCUT2D eigenvalue weighted by Crippen LogP contribution is -1.89. The molecule has 120 valence electrons. The molecule has 1 N–H and O–H groups in total. The monoisotopic (exact) mass is 384 g/mol. The van der Waals surface area contributed by atoms with E-state index in [4.69, 9.17) is 4.42 Å². The lowest BCUT2D eigenvalue weighted by Gasteiger charge is -1.97. The maximum atomic E-state index is 11.2. The molecule has 0 aliphatic carbocycles. The first kappa shape index (κ1) is 16.1. The minimum absolute atomic E-state index is 0.00208. The summed E-state index contributed by atoms with van der Waals surface area (Å²) in [7, 11) is 0. The molecule has 0 fully saturated rings. The number of nitrogens with zero attached hydrogens (tertiary/aromatic N) is 2. The fraction of sp³-hybridized carbons (Fsp3) is 0.0556. The Kier molecular flexibility index (Phi) is 4.57. The Bertz CT molecular complexity index is 914. The zero-order chi connectivity index (χ0) is 17.1. The van der Waals surface area contributed by atoms with Gasteiger partial charge in [0, 0.05) is 10.0 Å². The second-order valence-corrected chi connectivity index (χ2v) is 5.90. The number of hydrogen-bond donors (Lipinski definition) is 1. The molecule has 0 atom stereocenters. The lowest BCUT2D eigenvalue weighted by molar-refractivity contribution is 0.101. The fourth-order valence-corrected chi connectivity index (χ4v) is 2.53. The summed E-state index contributed by atoms with van der Waals surface area (Å²) in [5, 5.41) is 9.90. The van der Waals surface area contributed by atoms with Crippen LogP contribution in [0.25, 0.3) is 11.5 Å². The largest absolute Gasteiger partial charge is 0.479 e. The number of hydrogen-bond acceptors (Lipinski definition) is 5. The van der Waals surface area contributed by atoms with Crippen molar-refractivity contribution < 1.29 is 14.3 Å². The van der Waals surface area contributed by atoms with Crippen LogP contribution in [-0.2, 0) is 0 Å². The first-order chi connectivity index (χ1) is 11.5. The number of rotatable bonds is 4. The summed E-state index contributed by atoms with van der Waals surface area (Å²) in [5.74, 6) is -0.00373. The Hall–Kier alpha value is -2.73. The molecule has 0 radical (unpaired) electrons. The Morgan fingerprint density at radius 3 is 2.58 bits per heavy atom. The van der Waals surface area contributed by atoms with E-state index < -0.39 is 0 Å². The average molecular weight is 385 g/mol. The Morgan fingerprint density at radius 2 is 1.92 bits per heavy atom. The van der Waals surface area contributed by atoms with Gasteiger partial charge < -0.3 is 9.52 Å². The first-order valence-corrected chi connectivity index (χ1v) is 7.93. The smallest absolute Gasteiger partial charge is 0.312 e. The number of carbonyl (C=O) groups excluding carboxylic acids is 1. The molecule has 0 aliphatic heterocycles. The van der Waals surface area contributed by atoms with Gasteiger partial charge in [0.25, 0.3) is 0 Å². The van der Waals surface area contributed by atoms with Crippen LogP contribution in [0.15, 0.2) is 62.4 Å². The SMILES string of the molecule is CC(=O)c1ccc(N=Cc2nc(-c3ccccc3Br)oc2O)cc1. The van der Waals surface area contributed by atoms with E-state index in [-0.39, 0.29) is 17.4 Å². The van der Waals surface area contributed by atoms with Gasteiger partial charge in [-0.05, 0) is 59.3 Å². The van der Waals surface area contributed by atoms with Gasteiger partial charge in [0.15, 0.2) is 11.5 Å². The van der Waals surface area contributed by atoms with E-state index in [1.807, 2.05) is 24.3 Å². The molecular formula is C18H13BrN2O3. The molecule has 3 aromatic rings. The van der Waals surface area contributed by atoms with Crippen molar-refractivity contribution in [2.24, 2.45) is 4.99 Å². The van der Waals surface area contributed by atoms with Crippen LogP contribution in [0, 0.1) is 0 Å². The summed E-state index contributed by atoms with van der Waals surface area (Å²) in [4.78, 5) is 19.7. The molecule has 1 heterocycles. The normalized spacial score (nSPS) is 11.1. The summed E-state index contributed by atoms with van der Waals surface area (Å²) in [6, 6.07) is 14.3. The summed E-state index contributed by atoms with van der Waals surface area (Å²) in [5.41, 5.74) is 2.23. The van der Waals surface area contributed by atoms with Crippen molar-refractivity contribution in [3.8, 4) is 17.4 Å². The second-order valence-electron chi connectivity index (χ2n) is 5.05. The van der Waals surface area contributed by atoms with Crippen LogP contribution in [0.5, 0.6) is 5.95 Å². The maximum absolute atomic E-state index is 11.2. The fourth-order valence-electron chi connectivity index (χ4n) is 2.08. The molecule has 0 saturated carbocycles. The first-order valence-electron chi connectivity index (χ1n) is 7.14. The van der Waals surface area contributed by atoms with E-state index in [9.17, 15) is 9.90 Å². The van der Waals surface area contributed by atoms with E-state index in [1.54, 1.807) is 24.3 Å². The van der Waals surface area contributed by atoms with Crippen molar-refractivity contribution in [1.82, 2.24) is 4.98 Å². The minimum atomic E-state index is -0.301. The van der Waals surface area contributed by atoms with Gasteiger partial charge in [0.05, 0.1) is 17.5 Å². The number of benzene rings is 2. The van der Waals surface area contributed by atoms with Crippen molar-refractivity contribution in [2.75, 3.05) is 0 Å². The van der Waals surface area contributed by atoms with Crippen LogP contribution in [0.2, 0.25) is 0 Å². The highest BCUT2D eigenvalue weighted by Gasteiger charge is 2.14. The van der Waals surface area contributed by atoms with Gasteiger partial charge in [-0.1, -0.05) is 12.1 Å². The molecule has 2 aromatic carbocycles. The summed E-state index contributed by atoms with van der Waals surface area (Å²) >= 11 is 3.42. The number of Topliss-reactive ketones (excluding diaryl/α,β-unsaturated/α-hetero) is 1. The molecule has 3 rings (SSSR count). The molecule has 0 spiro atoms. The molecule has 0 saturated heterocycles. The second kappa shape index (κ2) is 6.80. The van der Waals surface area contributed by atoms with Crippen molar-refractivity contribution in [1.29, 1.82) is 0 Å². The van der Waals surface area contributed by atoms with Crippen LogP contribution < -0.4 is 0 Å². The number of aromatic nitrogens is 1. The van der Waals surface area contributed by atoms with Crippen LogP contribution in [0.4, 0.5) is 5.69 Å². The Balaban J connectivity index is 1.85. The van der Waals surface area contributed by atoms with Crippen molar-refractivity contribution in [3.05, 3.63) is 64.3 Å². The summed E-state index contributed by atoms with van der Waals surface area (Å²) < 4.78 is 6.11. The molecule has 5 nitrogen and oxygen atoms in total. The van der Waals surface area contributed by atoms with E-state index >= 15 is 0 Å². The Morgan fingerprint density at radius 1 is 1.21 bits per heavy atom. The highest BCUT2D eigenvalue weighted by Crippen LogP contribution is 2.31. The van der Waals surface area contributed by atoms with Crippen molar-refractivity contribution in [3.63, 3.8) is 0 Å². The van der Waals surface area contributed by atoms with E-state index in [0.717, 1.165) is 10.0 Å². The number of oxazole rings is 1. The van der Waals surface area contributed by atoms with Crippen LogP contribution in [0.3, 0.4) is 0 Å². The summed E-state index contributed by atoms with van der Waals surface area (Å²) in [6.45, 7) is 1.51. The third kappa shape index (κ3) is 3.44. The number of halogens is 1. The summed E-state index contributed by atoms with van der Waals surface area (Å²) in [6.07, 6.45) is 1.42. The highest BCUT2D eigenvalue weighted by molar-refractivity contribution is 9.10. The maximum Gasteiger partial charge on any atom is 0.312 e. The predicted octanol–water partition coefficient (Wildman–Crippen LogP) is 4.76. The van der Waals surface area contributed by atoms with Crippen LogP contribution in [0.1, 0.15) is 23.0 Å². The van der Waals surface area contributed by atoms with Crippen molar-refractivity contribution in [2.45, 2.75) is 6.92 Å². The predicted molar refractivity (Wildman–Crippen MR) is 95.0 cm³/mol. The van der Waals surface area contributed by atoms with Crippen molar-refractivity contribution >= 4 is 33.6 Å². The van der Waals surface area contributed by atoms with Gasteiger partial charge in [-0.25, -0.2) is 4.98 Å². The van der Waals surface area contributed by atoms with Gasteiger partial charge in [-0.3, -0.25) is 9.79 Å². The van der Waals surface area contributed by atoms with Crippen LogP contribution >= 0.6 is 15.9 Å². The zero-order valence-electron chi connectivity index (χ0n) is 12.7. The van der Waals surface area contributed by atoms with E-state index in [1.165, 1.54) is 13.1 Å². The quantitative estimate of drug-likeness (QED) is 0.519. The molecule has 0 amide bonds. The zero-order valence-corrected chi connectivity index (χ0v) is 14.3. The standard InChI is InChI=1S/C18H13BrN2O3/c1-11(22)12-6-8-13(9-7-12)20-10-16-18(23)24-17(21-16)14-4-2-3-5-15(14)19/h2-10,23H,1H3. The Labute approximate surface area is 146 Å². The number of aromatic hydroxyl groups is 1. The van der Waals surface area contributed by atoms with E-state index in [0.29, 0.717) is 17.1 Å². The topological polar surface area (TPSA) is 75.7 Å². The van der Waals surface area contributed by atoms with E-state index in [2.05, 4.69) is 25.9 Å². The molecule has 0 aliphatic rings.